The highest BCUT2D eigenvalue weighted by atomic mass is 16.3. The van der Waals surface area contributed by atoms with E-state index < -0.39 is 5.60 Å². The van der Waals surface area contributed by atoms with Gasteiger partial charge in [-0.3, -0.25) is 4.98 Å². The lowest BCUT2D eigenvalue weighted by molar-refractivity contribution is 0.0179. The number of hydrogen-bond donors (Lipinski definition) is 1. The number of aliphatic hydroxyl groups is 1. The molecule has 0 saturated heterocycles. The van der Waals surface area contributed by atoms with Crippen molar-refractivity contribution in [1.82, 2.24) is 4.98 Å². The third-order valence-corrected chi connectivity index (χ3v) is 4.79. The van der Waals surface area contributed by atoms with E-state index in [9.17, 15) is 5.11 Å². The number of hydrogen-bond acceptors (Lipinski definition) is 2. The predicted molar refractivity (Wildman–Crippen MR) is 82.5 cm³/mol. The van der Waals surface area contributed by atoms with E-state index in [-0.39, 0.29) is 0 Å². The zero-order valence-corrected chi connectivity index (χ0v) is 12.4. The van der Waals surface area contributed by atoms with Crippen molar-refractivity contribution >= 4 is 10.9 Å². The first-order valence-electron chi connectivity index (χ1n) is 7.56. The molecule has 1 aliphatic rings. The fourth-order valence-corrected chi connectivity index (χ4v) is 3.27. The molecule has 1 N–H and O–H groups in total. The van der Waals surface area contributed by atoms with Gasteiger partial charge in [-0.05, 0) is 49.7 Å². The molecule has 0 amide bonds. The van der Waals surface area contributed by atoms with Gasteiger partial charge in [0.05, 0.1) is 11.1 Å². The summed E-state index contributed by atoms with van der Waals surface area (Å²) in [4.78, 5) is 4.51. The Labute approximate surface area is 120 Å². The Balaban J connectivity index is 1.96. The number of aromatic nitrogens is 1. The van der Waals surface area contributed by atoms with Crippen molar-refractivity contribution in [2.45, 2.75) is 51.6 Å². The Morgan fingerprint density at radius 2 is 1.85 bits per heavy atom. The standard InChI is InChI=1S/C18H23NO/c1-17(2)8-5-9-18(20,11-10-17)15-12-14-6-3-4-7-16(14)19-13-15/h3-4,6-7,12-13,20H,5,8-11H2,1-2H3. The molecule has 2 heteroatoms. The molecule has 1 saturated carbocycles. The molecule has 1 aromatic heterocycles. The number of benzene rings is 1. The second-order valence-corrected chi connectivity index (χ2v) is 6.97. The maximum Gasteiger partial charge on any atom is 0.0911 e. The Bertz CT molecular complexity index is 620. The summed E-state index contributed by atoms with van der Waals surface area (Å²) in [5.41, 5.74) is 1.61. The molecular weight excluding hydrogens is 246 g/mol. The van der Waals surface area contributed by atoms with Crippen LogP contribution in [0, 0.1) is 5.41 Å². The van der Waals surface area contributed by atoms with Crippen LogP contribution in [0.25, 0.3) is 10.9 Å². The van der Waals surface area contributed by atoms with Crippen molar-refractivity contribution in [1.29, 1.82) is 0 Å². The maximum absolute atomic E-state index is 11.1. The van der Waals surface area contributed by atoms with Crippen LogP contribution < -0.4 is 0 Å². The smallest absolute Gasteiger partial charge is 0.0911 e. The minimum atomic E-state index is -0.704. The molecule has 0 radical (unpaired) electrons. The molecule has 0 bridgehead atoms. The van der Waals surface area contributed by atoms with Crippen LogP contribution in [0.5, 0.6) is 0 Å². The van der Waals surface area contributed by atoms with Crippen LogP contribution in [-0.2, 0) is 5.60 Å². The minimum absolute atomic E-state index is 0.342. The van der Waals surface area contributed by atoms with Crippen LogP contribution >= 0.6 is 0 Å². The highest BCUT2D eigenvalue weighted by Gasteiger charge is 2.35. The zero-order valence-electron chi connectivity index (χ0n) is 12.4. The fourth-order valence-electron chi connectivity index (χ4n) is 3.27. The average molecular weight is 269 g/mol. The second kappa shape index (κ2) is 4.85. The van der Waals surface area contributed by atoms with Crippen LogP contribution in [0.1, 0.15) is 51.5 Å². The van der Waals surface area contributed by atoms with E-state index in [1.165, 1.54) is 6.42 Å². The molecule has 0 spiro atoms. The molecule has 3 rings (SSSR count). The van der Waals surface area contributed by atoms with Gasteiger partial charge in [-0.25, -0.2) is 0 Å². The molecule has 1 fully saturated rings. The highest BCUT2D eigenvalue weighted by molar-refractivity contribution is 5.78. The van der Waals surface area contributed by atoms with Crippen molar-refractivity contribution in [3.05, 3.63) is 42.1 Å². The van der Waals surface area contributed by atoms with Crippen molar-refractivity contribution in [2.75, 3.05) is 0 Å². The molecule has 1 atom stereocenters. The number of pyridine rings is 1. The van der Waals surface area contributed by atoms with Crippen LogP contribution in [0.4, 0.5) is 0 Å². The Morgan fingerprint density at radius 1 is 1.05 bits per heavy atom. The second-order valence-electron chi connectivity index (χ2n) is 6.97. The highest BCUT2D eigenvalue weighted by Crippen LogP contribution is 2.42. The van der Waals surface area contributed by atoms with Crippen LogP contribution in [0.2, 0.25) is 0 Å². The minimum Gasteiger partial charge on any atom is -0.385 e. The van der Waals surface area contributed by atoms with Crippen molar-refractivity contribution in [3.63, 3.8) is 0 Å². The molecule has 1 unspecified atom stereocenters. The number of fused-ring (bicyclic) bond motifs is 1. The monoisotopic (exact) mass is 269 g/mol. The van der Waals surface area contributed by atoms with Gasteiger partial charge in [-0.1, -0.05) is 32.0 Å². The van der Waals surface area contributed by atoms with Gasteiger partial charge in [0, 0.05) is 17.1 Å². The van der Waals surface area contributed by atoms with Crippen LogP contribution in [-0.4, -0.2) is 10.1 Å². The zero-order chi connectivity index (χ0) is 14.2. The summed E-state index contributed by atoms with van der Waals surface area (Å²) in [5, 5.41) is 12.2. The van der Waals surface area contributed by atoms with E-state index >= 15 is 0 Å². The normalized spacial score (nSPS) is 26.4. The molecule has 2 nitrogen and oxygen atoms in total. The molecule has 1 heterocycles. The number of para-hydroxylation sites is 1. The molecule has 2 aromatic rings. The summed E-state index contributed by atoms with van der Waals surface area (Å²) >= 11 is 0. The van der Waals surface area contributed by atoms with E-state index in [1.807, 2.05) is 24.4 Å². The van der Waals surface area contributed by atoms with Gasteiger partial charge < -0.3 is 5.11 Å². The van der Waals surface area contributed by atoms with Crippen molar-refractivity contribution in [3.8, 4) is 0 Å². The van der Waals surface area contributed by atoms with Gasteiger partial charge >= 0.3 is 0 Å². The SMILES string of the molecule is CC1(C)CCCC(O)(c2cnc3ccccc3c2)CC1. The maximum atomic E-state index is 11.1. The third kappa shape index (κ3) is 2.57. The van der Waals surface area contributed by atoms with E-state index in [4.69, 9.17) is 0 Å². The van der Waals surface area contributed by atoms with Crippen molar-refractivity contribution in [2.24, 2.45) is 5.41 Å². The largest absolute Gasteiger partial charge is 0.385 e. The third-order valence-electron chi connectivity index (χ3n) is 4.79. The van der Waals surface area contributed by atoms with Crippen LogP contribution in [0.3, 0.4) is 0 Å². The fraction of sp³-hybridized carbons (Fsp3) is 0.500. The van der Waals surface area contributed by atoms with Gasteiger partial charge in [-0.2, -0.15) is 0 Å². The summed E-state index contributed by atoms with van der Waals surface area (Å²) in [6.07, 6.45) is 6.88. The summed E-state index contributed by atoms with van der Waals surface area (Å²) < 4.78 is 0. The lowest BCUT2D eigenvalue weighted by Crippen LogP contribution is -2.25. The summed E-state index contributed by atoms with van der Waals surface area (Å²) in [6.45, 7) is 4.61. The van der Waals surface area contributed by atoms with Crippen molar-refractivity contribution < 1.29 is 5.11 Å². The van der Waals surface area contributed by atoms with Gasteiger partial charge in [0.25, 0.3) is 0 Å². The quantitative estimate of drug-likeness (QED) is 0.778. The lowest BCUT2D eigenvalue weighted by atomic mass is 9.82. The Morgan fingerprint density at radius 3 is 2.70 bits per heavy atom. The number of rotatable bonds is 1. The van der Waals surface area contributed by atoms with E-state index in [2.05, 4.69) is 31.0 Å². The lowest BCUT2D eigenvalue weighted by Gasteiger charge is -2.28. The molecule has 1 aromatic carbocycles. The van der Waals surface area contributed by atoms with Gasteiger partial charge in [0.1, 0.15) is 0 Å². The van der Waals surface area contributed by atoms with Crippen LogP contribution in [0.15, 0.2) is 36.5 Å². The first-order chi connectivity index (χ1) is 9.49. The van der Waals surface area contributed by atoms with E-state index in [0.717, 1.165) is 42.1 Å². The predicted octanol–water partition coefficient (Wildman–Crippen LogP) is 4.41. The summed E-state index contributed by atoms with van der Waals surface area (Å²) in [6, 6.07) is 10.2. The summed E-state index contributed by atoms with van der Waals surface area (Å²) in [7, 11) is 0. The van der Waals surface area contributed by atoms with Gasteiger partial charge in [0.15, 0.2) is 0 Å². The average Bonchev–Trinajstić information content (AvgIpc) is 2.58. The van der Waals surface area contributed by atoms with Gasteiger partial charge in [-0.15, -0.1) is 0 Å². The first kappa shape index (κ1) is 13.6. The Kier molecular flexibility index (Phi) is 3.29. The molecule has 0 aliphatic heterocycles. The molecule has 20 heavy (non-hydrogen) atoms. The first-order valence-corrected chi connectivity index (χ1v) is 7.56. The summed E-state index contributed by atoms with van der Waals surface area (Å²) in [5.74, 6) is 0. The molecule has 106 valence electrons. The van der Waals surface area contributed by atoms with E-state index in [1.54, 1.807) is 0 Å². The van der Waals surface area contributed by atoms with Gasteiger partial charge in [0.2, 0.25) is 0 Å². The topological polar surface area (TPSA) is 33.1 Å². The van der Waals surface area contributed by atoms with E-state index in [0.29, 0.717) is 5.41 Å². The molecular formula is C18H23NO. The molecule has 1 aliphatic carbocycles. The number of nitrogens with zero attached hydrogens (tertiary/aromatic N) is 1. The Hall–Kier alpha value is -1.41.